The summed E-state index contributed by atoms with van der Waals surface area (Å²) in [5.41, 5.74) is -0.127. The molecule has 0 unspecified atom stereocenters. The molecule has 12 heteroatoms. The van der Waals surface area contributed by atoms with Gasteiger partial charge in [0.1, 0.15) is 22.5 Å². The Hall–Kier alpha value is -1.63. The molecule has 0 bridgehead atoms. The summed E-state index contributed by atoms with van der Waals surface area (Å²) in [6.45, 7) is 0.0259. The van der Waals surface area contributed by atoms with Gasteiger partial charge in [0.15, 0.2) is 0 Å². The van der Waals surface area contributed by atoms with Gasteiger partial charge >= 0.3 is 35.7 Å². The van der Waals surface area contributed by atoms with Crippen molar-refractivity contribution in [3.63, 3.8) is 0 Å². The third-order valence-electron chi connectivity index (χ3n) is 2.93. The number of nitrogens with zero attached hydrogens (tertiary/aromatic N) is 1. The molecule has 0 aliphatic rings. The molecule has 0 N–H and O–H groups in total. The van der Waals surface area contributed by atoms with Gasteiger partial charge in [-0.05, 0) is 36.4 Å². The van der Waals surface area contributed by atoms with Gasteiger partial charge in [-0.3, -0.25) is 10.1 Å². The Kier molecular flexibility index (Phi) is 9.22. The molecular formula is C15H12NNaO8S2. The number of rotatable bonds is 7. The monoisotopic (exact) mass is 421 g/mol. The predicted octanol–water partition coefficient (Wildman–Crippen LogP) is -0.189. The van der Waals surface area contributed by atoms with E-state index in [-0.39, 0.29) is 52.5 Å². The summed E-state index contributed by atoms with van der Waals surface area (Å²) in [6, 6.07) is 10.3. The van der Waals surface area contributed by atoms with Gasteiger partial charge < -0.3 is 14.0 Å². The SMILES string of the molecule is O=C(OCCSc1ccc(S(=O)(=O)[O-])cc1)Oc1ccc([N+](=O)[O-])cc1.[Na+]. The van der Waals surface area contributed by atoms with Crippen molar-refractivity contribution in [1.29, 1.82) is 0 Å². The maximum absolute atomic E-state index is 11.5. The first-order valence-electron chi connectivity index (χ1n) is 7.03. The molecule has 0 heterocycles. The summed E-state index contributed by atoms with van der Waals surface area (Å²) in [5.74, 6) is 0.487. The van der Waals surface area contributed by atoms with Crippen molar-refractivity contribution in [3.8, 4) is 5.75 Å². The summed E-state index contributed by atoms with van der Waals surface area (Å²) in [7, 11) is -4.48. The van der Waals surface area contributed by atoms with E-state index in [1.165, 1.54) is 60.3 Å². The molecule has 0 saturated heterocycles. The fourth-order valence-corrected chi connectivity index (χ4v) is 2.95. The molecule has 0 amide bonds. The molecule has 0 saturated carbocycles. The smallest absolute Gasteiger partial charge is 0.744 e. The number of hydrogen-bond acceptors (Lipinski definition) is 9. The van der Waals surface area contributed by atoms with Crippen molar-refractivity contribution in [2.75, 3.05) is 12.4 Å². The Morgan fingerprint density at radius 1 is 1.07 bits per heavy atom. The van der Waals surface area contributed by atoms with Crippen LogP contribution in [0.4, 0.5) is 10.5 Å². The van der Waals surface area contributed by atoms with Crippen LogP contribution in [0.15, 0.2) is 58.3 Å². The minimum atomic E-state index is -4.48. The van der Waals surface area contributed by atoms with Gasteiger partial charge in [0, 0.05) is 22.8 Å². The van der Waals surface area contributed by atoms with Gasteiger partial charge in [-0.15, -0.1) is 11.8 Å². The van der Waals surface area contributed by atoms with Crippen molar-refractivity contribution in [2.24, 2.45) is 0 Å². The topological polar surface area (TPSA) is 136 Å². The molecule has 0 radical (unpaired) electrons. The molecule has 2 aromatic rings. The Bertz CT molecular complexity index is 885. The largest absolute Gasteiger partial charge is 1.00 e. The number of non-ortho nitro benzene ring substituents is 1. The minimum absolute atomic E-state index is 0. The standard InChI is InChI=1S/C15H13NO8S2.Na/c17-15(24-12-3-1-11(2-4-12)16(18)19)23-9-10-25-13-5-7-14(8-6-13)26(20,21)22;/h1-8H,9-10H2,(H,20,21,22);/q;+1/p-1. The van der Waals surface area contributed by atoms with Gasteiger partial charge in [-0.1, -0.05) is 0 Å². The molecule has 0 aromatic heterocycles. The van der Waals surface area contributed by atoms with Crippen molar-refractivity contribution in [2.45, 2.75) is 9.79 Å². The van der Waals surface area contributed by atoms with Crippen LogP contribution in [0.5, 0.6) is 5.75 Å². The van der Waals surface area contributed by atoms with Crippen molar-refractivity contribution in [3.05, 3.63) is 58.6 Å². The summed E-state index contributed by atoms with van der Waals surface area (Å²) in [4.78, 5) is 21.8. The van der Waals surface area contributed by atoms with Crippen LogP contribution in [-0.4, -0.2) is 36.4 Å². The normalized spacial score (nSPS) is 10.6. The van der Waals surface area contributed by atoms with Gasteiger partial charge in [-0.25, -0.2) is 13.2 Å². The maximum atomic E-state index is 11.5. The third kappa shape index (κ3) is 7.87. The number of benzene rings is 2. The summed E-state index contributed by atoms with van der Waals surface area (Å²) in [6.07, 6.45) is -0.952. The molecule has 27 heavy (non-hydrogen) atoms. The molecule has 0 fully saturated rings. The molecule has 2 aromatic carbocycles. The fraction of sp³-hybridized carbons (Fsp3) is 0.133. The van der Waals surface area contributed by atoms with Crippen LogP contribution in [0.3, 0.4) is 0 Å². The van der Waals surface area contributed by atoms with Crippen LogP contribution < -0.4 is 34.3 Å². The van der Waals surface area contributed by atoms with Crippen LogP contribution in [0.2, 0.25) is 0 Å². The Labute approximate surface area is 181 Å². The van der Waals surface area contributed by atoms with Crippen molar-refractivity contribution >= 4 is 33.7 Å². The van der Waals surface area contributed by atoms with E-state index in [2.05, 4.69) is 0 Å². The first-order valence-corrected chi connectivity index (χ1v) is 9.43. The van der Waals surface area contributed by atoms with E-state index in [0.29, 0.717) is 10.6 Å². The number of nitro groups is 1. The van der Waals surface area contributed by atoms with Crippen LogP contribution in [0.25, 0.3) is 0 Å². The van der Waals surface area contributed by atoms with E-state index in [0.717, 1.165) is 0 Å². The van der Waals surface area contributed by atoms with Crippen LogP contribution in [0, 0.1) is 10.1 Å². The Balaban J connectivity index is 0.00000364. The Morgan fingerprint density at radius 3 is 2.19 bits per heavy atom. The van der Waals surface area contributed by atoms with Crippen molar-refractivity contribution < 1.29 is 61.7 Å². The van der Waals surface area contributed by atoms with Crippen molar-refractivity contribution in [1.82, 2.24) is 0 Å². The molecule has 9 nitrogen and oxygen atoms in total. The van der Waals surface area contributed by atoms with E-state index < -0.39 is 21.2 Å². The molecule has 0 atom stereocenters. The zero-order chi connectivity index (χ0) is 19.2. The first-order chi connectivity index (χ1) is 12.3. The summed E-state index contributed by atoms with van der Waals surface area (Å²) < 4.78 is 42.2. The quantitative estimate of drug-likeness (QED) is 0.0871. The molecule has 2 rings (SSSR count). The number of carbonyl (C=O) groups is 1. The number of thioether (sulfide) groups is 1. The molecule has 0 spiro atoms. The fourth-order valence-electron chi connectivity index (χ4n) is 1.75. The molecule has 138 valence electrons. The zero-order valence-electron chi connectivity index (χ0n) is 14.1. The molecule has 0 aliphatic heterocycles. The van der Waals surface area contributed by atoms with E-state index in [4.69, 9.17) is 9.47 Å². The number of carbonyl (C=O) groups excluding carboxylic acids is 1. The number of ether oxygens (including phenoxy) is 2. The predicted molar refractivity (Wildman–Crippen MR) is 90.2 cm³/mol. The summed E-state index contributed by atoms with van der Waals surface area (Å²) in [5, 5.41) is 10.5. The van der Waals surface area contributed by atoms with E-state index in [1.54, 1.807) is 0 Å². The molecule has 0 aliphatic carbocycles. The van der Waals surface area contributed by atoms with E-state index >= 15 is 0 Å². The number of nitro benzene ring substituents is 1. The average Bonchev–Trinajstić information content (AvgIpc) is 2.59. The van der Waals surface area contributed by atoms with Gasteiger partial charge in [-0.2, -0.15) is 0 Å². The second-order valence-corrected chi connectivity index (χ2v) is 7.27. The van der Waals surface area contributed by atoms with E-state index in [1.807, 2.05) is 0 Å². The van der Waals surface area contributed by atoms with Crippen LogP contribution in [-0.2, 0) is 14.9 Å². The average molecular weight is 421 g/mol. The maximum Gasteiger partial charge on any atom is 1.00 e. The van der Waals surface area contributed by atoms with Crippen LogP contribution >= 0.6 is 11.8 Å². The van der Waals surface area contributed by atoms with Gasteiger partial charge in [0.05, 0.1) is 9.82 Å². The third-order valence-corrected chi connectivity index (χ3v) is 4.76. The number of hydrogen-bond donors (Lipinski definition) is 0. The second kappa shape index (κ2) is 10.6. The second-order valence-electron chi connectivity index (χ2n) is 4.73. The van der Waals surface area contributed by atoms with Crippen LogP contribution in [0.1, 0.15) is 0 Å². The first kappa shape index (κ1) is 23.4. The molecular weight excluding hydrogens is 409 g/mol. The van der Waals surface area contributed by atoms with Gasteiger partial charge in [0.25, 0.3) is 5.69 Å². The summed E-state index contributed by atoms with van der Waals surface area (Å²) >= 11 is 1.29. The Morgan fingerprint density at radius 2 is 1.67 bits per heavy atom. The minimum Gasteiger partial charge on any atom is -0.744 e. The van der Waals surface area contributed by atoms with E-state index in [9.17, 15) is 27.9 Å². The zero-order valence-corrected chi connectivity index (χ0v) is 17.7. The van der Waals surface area contributed by atoms with Gasteiger partial charge in [0.2, 0.25) is 0 Å².